The van der Waals surface area contributed by atoms with E-state index in [1.807, 2.05) is 6.07 Å². The number of hydrogen-bond acceptors (Lipinski definition) is 5. The summed E-state index contributed by atoms with van der Waals surface area (Å²) in [6, 6.07) is 11.9. The van der Waals surface area contributed by atoms with E-state index in [-0.39, 0.29) is 48.6 Å². The summed E-state index contributed by atoms with van der Waals surface area (Å²) in [4.78, 5) is 35.4. The summed E-state index contributed by atoms with van der Waals surface area (Å²) in [5, 5.41) is 2.67. The highest BCUT2D eigenvalue weighted by Gasteiger charge is 2.14. The molecular formula is C19H21BrN2O5. The maximum Gasteiger partial charge on any atom is 0.372 e. The van der Waals surface area contributed by atoms with Gasteiger partial charge >= 0.3 is 11.9 Å². The Morgan fingerprint density at radius 3 is 2.41 bits per heavy atom. The fraction of sp³-hybridized carbons (Fsp3) is 0.263. The van der Waals surface area contributed by atoms with Gasteiger partial charge in [-0.2, -0.15) is 4.57 Å². The fourth-order valence-corrected chi connectivity index (χ4v) is 2.18. The van der Waals surface area contributed by atoms with Gasteiger partial charge in [-0.15, -0.1) is 0 Å². The van der Waals surface area contributed by atoms with Crippen LogP contribution in [0, 0.1) is 0 Å². The number of nitrogens with zero attached hydrogens (tertiary/aromatic N) is 1. The van der Waals surface area contributed by atoms with Crippen molar-refractivity contribution in [2.75, 3.05) is 19.8 Å². The Bertz CT molecular complexity index is 768. The van der Waals surface area contributed by atoms with E-state index < -0.39 is 5.97 Å². The first kappa shape index (κ1) is 22.3. The van der Waals surface area contributed by atoms with Crippen LogP contribution in [0.4, 0.5) is 0 Å². The molecule has 0 saturated heterocycles. The number of esters is 2. The molecule has 0 fully saturated rings. The molecule has 1 amide bonds. The Labute approximate surface area is 168 Å². The summed E-state index contributed by atoms with van der Waals surface area (Å²) >= 11 is 0. The Morgan fingerprint density at radius 2 is 1.70 bits per heavy atom. The lowest BCUT2D eigenvalue weighted by molar-refractivity contribution is -0.686. The molecular weight excluding hydrogens is 416 g/mol. The molecule has 1 aromatic carbocycles. The number of nitrogens with one attached hydrogen (secondary N) is 1. The summed E-state index contributed by atoms with van der Waals surface area (Å²) in [7, 11) is 0. The van der Waals surface area contributed by atoms with E-state index in [2.05, 4.69) is 5.32 Å². The van der Waals surface area contributed by atoms with E-state index in [9.17, 15) is 14.4 Å². The van der Waals surface area contributed by atoms with E-state index in [1.54, 1.807) is 60.3 Å². The van der Waals surface area contributed by atoms with Gasteiger partial charge in [0.1, 0.15) is 12.2 Å². The molecule has 0 unspecified atom stereocenters. The molecule has 0 aliphatic heterocycles. The highest BCUT2D eigenvalue weighted by atomic mass is 79.9. The number of amides is 1. The molecule has 27 heavy (non-hydrogen) atoms. The summed E-state index contributed by atoms with van der Waals surface area (Å²) in [5.74, 6) is -1.13. The average Bonchev–Trinajstić information content (AvgIpc) is 2.66. The monoisotopic (exact) mass is 436 g/mol. The van der Waals surface area contributed by atoms with E-state index in [1.165, 1.54) is 0 Å². The molecule has 0 radical (unpaired) electrons. The van der Waals surface area contributed by atoms with Gasteiger partial charge in [0.15, 0.2) is 12.4 Å². The first-order valence-corrected chi connectivity index (χ1v) is 8.25. The number of hydrogen-bond donors (Lipinski definition) is 1. The lowest BCUT2D eigenvalue weighted by Crippen LogP contribution is -3.00. The third-order valence-corrected chi connectivity index (χ3v) is 3.37. The zero-order chi connectivity index (χ0) is 18.8. The van der Waals surface area contributed by atoms with Gasteiger partial charge in [-0.25, -0.2) is 9.59 Å². The predicted octanol–water partition coefficient (Wildman–Crippen LogP) is -1.87. The van der Waals surface area contributed by atoms with Gasteiger partial charge in [0.2, 0.25) is 6.54 Å². The predicted molar refractivity (Wildman–Crippen MR) is 92.3 cm³/mol. The molecule has 0 spiro atoms. The highest BCUT2D eigenvalue weighted by molar-refractivity contribution is 5.93. The number of pyridine rings is 1. The zero-order valence-corrected chi connectivity index (χ0v) is 16.5. The molecule has 0 saturated carbocycles. The normalized spacial score (nSPS) is 9.67. The molecule has 7 nitrogen and oxygen atoms in total. The number of rotatable bonds is 8. The molecule has 8 heteroatoms. The van der Waals surface area contributed by atoms with E-state index in [4.69, 9.17) is 9.47 Å². The number of aromatic nitrogens is 1. The van der Waals surface area contributed by atoms with Gasteiger partial charge in [0, 0.05) is 6.07 Å². The van der Waals surface area contributed by atoms with Gasteiger partial charge < -0.3 is 31.8 Å². The van der Waals surface area contributed by atoms with Crippen LogP contribution >= 0.6 is 0 Å². The first-order valence-electron chi connectivity index (χ1n) is 8.25. The van der Waals surface area contributed by atoms with Gasteiger partial charge in [0.05, 0.1) is 18.7 Å². The molecule has 2 rings (SSSR count). The van der Waals surface area contributed by atoms with Crippen molar-refractivity contribution >= 4 is 17.8 Å². The molecule has 0 aliphatic rings. The van der Waals surface area contributed by atoms with Crippen LogP contribution in [0.15, 0.2) is 54.9 Å². The average molecular weight is 437 g/mol. The zero-order valence-electron chi connectivity index (χ0n) is 14.9. The second kappa shape index (κ2) is 11.8. The van der Waals surface area contributed by atoms with Crippen LogP contribution in [-0.4, -0.2) is 37.6 Å². The molecule has 2 aromatic rings. The minimum atomic E-state index is -0.438. The molecule has 0 bridgehead atoms. The Morgan fingerprint density at radius 1 is 1.00 bits per heavy atom. The molecule has 1 aromatic heterocycles. The highest BCUT2D eigenvalue weighted by Crippen LogP contribution is 2.00. The van der Waals surface area contributed by atoms with Crippen LogP contribution < -0.4 is 26.9 Å². The van der Waals surface area contributed by atoms with Crippen molar-refractivity contribution in [3.63, 3.8) is 0 Å². The lowest BCUT2D eigenvalue weighted by Gasteiger charge is -2.06. The van der Waals surface area contributed by atoms with Crippen LogP contribution in [0.5, 0.6) is 0 Å². The first-order chi connectivity index (χ1) is 12.6. The largest absolute Gasteiger partial charge is 1.00 e. The third kappa shape index (κ3) is 7.57. The van der Waals surface area contributed by atoms with Crippen LogP contribution in [0.1, 0.15) is 27.6 Å². The van der Waals surface area contributed by atoms with Gasteiger partial charge in [-0.1, -0.05) is 18.2 Å². The number of carbonyl (C=O) groups is 3. The summed E-state index contributed by atoms with van der Waals surface area (Å²) < 4.78 is 11.5. The van der Waals surface area contributed by atoms with Crippen molar-refractivity contribution < 1.29 is 45.4 Å². The number of halogens is 1. The Balaban J connectivity index is 0.00000364. The van der Waals surface area contributed by atoms with Crippen LogP contribution in [0.3, 0.4) is 0 Å². The smallest absolute Gasteiger partial charge is 0.372 e. The molecule has 0 atom stereocenters. The standard InChI is InChI=1S/C19H20N2O5.BrH/c1-2-25-17(22)14-21-11-6-9-16(13-21)18(23)20-10-12-26-19(24)15-7-4-3-5-8-15;/h3-9,11,13H,2,10,12,14H2,1H3;1H. The number of carbonyl (C=O) groups excluding carboxylic acids is 3. The fourth-order valence-electron chi connectivity index (χ4n) is 2.18. The number of ether oxygens (including phenoxy) is 2. The topological polar surface area (TPSA) is 85.6 Å². The van der Waals surface area contributed by atoms with Crippen molar-refractivity contribution in [1.82, 2.24) is 5.32 Å². The summed E-state index contributed by atoms with van der Waals surface area (Å²) in [5.41, 5.74) is 0.855. The Kier molecular flexibility index (Phi) is 9.74. The van der Waals surface area contributed by atoms with Crippen LogP contribution in [-0.2, 0) is 20.8 Å². The quantitative estimate of drug-likeness (QED) is 0.297. The van der Waals surface area contributed by atoms with Crippen molar-refractivity contribution in [2.24, 2.45) is 0 Å². The second-order valence-electron chi connectivity index (χ2n) is 5.33. The Hall–Kier alpha value is -2.74. The molecule has 1 heterocycles. The maximum atomic E-state index is 12.1. The van der Waals surface area contributed by atoms with E-state index in [0.29, 0.717) is 17.7 Å². The van der Waals surface area contributed by atoms with Gasteiger partial charge in [-0.3, -0.25) is 4.79 Å². The summed E-state index contributed by atoms with van der Waals surface area (Å²) in [6.45, 7) is 2.32. The van der Waals surface area contributed by atoms with Gasteiger partial charge in [-0.05, 0) is 25.1 Å². The third-order valence-electron chi connectivity index (χ3n) is 3.37. The van der Waals surface area contributed by atoms with Crippen molar-refractivity contribution in [2.45, 2.75) is 13.5 Å². The molecule has 144 valence electrons. The molecule has 0 aliphatic carbocycles. The van der Waals surface area contributed by atoms with E-state index in [0.717, 1.165) is 0 Å². The second-order valence-corrected chi connectivity index (χ2v) is 5.33. The minimum Gasteiger partial charge on any atom is -1.00 e. The SMILES string of the molecule is CCOC(=O)C[n+]1cccc(C(=O)NCCOC(=O)c2ccccc2)c1.[Br-]. The van der Waals surface area contributed by atoms with E-state index >= 15 is 0 Å². The summed E-state index contributed by atoms with van der Waals surface area (Å²) in [6.07, 6.45) is 3.23. The van der Waals surface area contributed by atoms with Crippen molar-refractivity contribution in [3.05, 3.63) is 66.0 Å². The number of benzene rings is 1. The van der Waals surface area contributed by atoms with Crippen molar-refractivity contribution in [3.8, 4) is 0 Å². The lowest BCUT2D eigenvalue weighted by atomic mass is 10.2. The van der Waals surface area contributed by atoms with Gasteiger partial charge in [0.25, 0.3) is 5.91 Å². The van der Waals surface area contributed by atoms with Crippen LogP contribution in [0.25, 0.3) is 0 Å². The maximum absolute atomic E-state index is 12.1. The van der Waals surface area contributed by atoms with Crippen molar-refractivity contribution in [1.29, 1.82) is 0 Å². The van der Waals surface area contributed by atoms with Crippen LogP contribution in [0.2, 0.25) is 0 Å². The molecule has 1 N–H and O–H groups in total. The minimum absolute atomic E-state index is 0.